The van der Waals surface area contributed by atoms with E-state index < -0.39 is 0 Å². The summed E-state index contributed by atoms with van der Waals surface area (Å²) in [6, 6.07) is 30.0. The van der Waals surface area contributed by atoms with Crippen molar-refractivity contribution in [1.29, 1.82) is 0 Å². The van der Waals surface area contributed by atoms with E-state index in [0.717, 1.165) is 6.54 Å². The van der Waals surface area contributed by atoms with E-state index in [9.17, 15) is 0 Å². The van der Waals surface area contributed by atoms with Crippen molar-refractivity contribution < 1.29 is 0 Å². The van der Waals surface area contributed by atoms with Crippen LogP contribution >= 0.6 is 11.3 Å². The highest BCUT2D eigenvalue weighted by Gasteiger charge is 2.17. The van der Waals surface area contributed by atoms with Crippen LogP contribution in [-0.4, -0.2) is 7.05 Å². The molecule has 118 valence electrons. The minimum absolute atomic E-state index is 0.904. The monoisotopic (exact) mass is 329 g/mol. The van der Waals surface area contributed by atoms with E-state index in [1.165, 1.54) is 31.8 Å². The Kier molecular flexibility index (Phi) is 4.06. The molecule has 24 heavy (non-hydrogen) atoms. The summed E-state index contributed by atoms with van der Waals surface area (Å²) in [6.45, 7) is 0.904. The van der Waals surface area contributed by atoms with Crippen LogP contribution in [0.3, 0.4) is 0 Å². The first-order valence-electron chi connectivity index (χ1n) is 8.15. The van der Waals surface area contributed by atoms with Gasteiger partial charge in [-0.3, -0.25) is 0 Å². The molecule has 0 fully saturated rings. The molecule has 1 aromatic heterocycles. The molecule has 0 saturated heterocycles. The van der Waals surface area contributed by atoms with Crippen molar-refractivity contribution in [2.75, 3.05) is 11.9 Å². The summed E-state index contributed by atoms with van der Waals surface area (Å²) < 4.78 is 1.34. The number of hydrogen-bond donors (Lipinski definition) is 0. The zero-order valence-corrected chi connectivity index (χ0v) is 14.5. The fourth-order valence-corrected chi connectivity index (χ4v) is 4.39. The molecule has 0 amide bonds. The van der Waals surface area contributed by atoms with Gasteiger partial charge in [0.15, 0.2) is 0 Å². The Hall–Kier alpha value is -2.58. The van der Waals surface area contributed by atoms with Crippen molar-refractivity contribution in [2.45, 2.75) is 6.54 Å². The first kappa shape index (κ1) is 15.0. The van der Waals surface area contributed by atoms with E-state index >= 15 is 0 Å². The van der Waals surface area contributed by atoms with Gasteiger partial charge in [-0.25, -0.2) is 0 Å². The average Bonchev–Trinajstić information content (AvgIpc) is 3.03. The summed E-state index contributed by atoms with van der Waals surface area (Å²) in [4.78, 5) is 3.71. The molecule has 0 saturated carbocycles. The molecule has 0 unspecified atom stereocenters. The standard InChI is InChI=1S/C22H19NS/c1-23(16-17-10-4-2-5-11-17)21-19-14-8-9-15-20(19)24-22(21)18-12-6-3-7-13-18/h2-15H,16H2,1H3. The van der Waals surface area contributed by atoms with Gasteiger partial charge in [0.05, 0.1) is 10.6 Å². The number of anilines is 1. The molecule has 0 radical (unpaired) electrons. The second kappa shape index (κ2) is 6.50. The molecule has 4 rings (SSSR count). The summed E-state index contributed by atoms with van der Waals surface area (Å²) in [7, 11) is 2.19. The van der Waals surface area contributed by atoms with Crippen LogP contribution in [0.15, 0.2) is 84.9 Å². The van der Waals surface area contributed by atoms with E-state index in [-0.39, 0.29) is 0 Å². The van der Waals surface area contributed by atoms with Gasteiger partial charge in [0.25, 0.3) is 0 Å². The maximum Gasteiger partial charge on any atom is 0.0636 e. The van der Waals surface area contributed by atoms with Crippen LogP contribution in [0.1, 0.15) is 5.56 Å². The van der Waals surface area contributed by atoms with Gasteiger partial charge in [-0.15, -0.1) is 11.3 Å². The number of benzene rings is 3. The Morgan fingerprint density at radius 2 is 1.38 bits per heavy atom. The summed E-state index contributed by atoms with van der Waals surface area (Å²) in [5.74, 6) is 0. The molecule has 0 atom stereocenters. The van der Waals surface area contributed by atoms with Gasteiger partial charge in [-0.2, -0.15) is 0 Å². The number of nitrogens with zero attached hydrogens (tertiary/aromatic N) is 1. The topological polar surface area (TPSA) is 3.24 Å². The highest BCUT2D eigenvalue weighted by Crippen LogP contribution is 2.44. The van der Waals surface area contributed by atoms with Crippen LogP contribution in [0.4, 0.5) is 5.69 Å². The zero-order valence-electron chi connectivity index (χ0n) is 13.6. The predicted octanol–water partition coefficient (Wildman–Crippen LogP) is 6.20. The van der Waals surface area contributed by atoms with Gasteiger partial charge >= 0.3 is 0 Å². The van der Waals surface area contributed by atoms with E-state index in [1.807, 2.05) is 11.3 Å². The summed E-state index contributed by atoms with van der Waals surface area (Å²) in [6.07, 6.45) is 0. The number of rotatable bonds is 4. The molecule has 0 spiro atoms. The Morgan fingerprint density at radius 1 is 0.750 bits per heavy atom. The van der Waals surface area contributed by atoms with E-state index in [2.05, 4.69) is 96.9 Å². The maximum absolute atomic E-state index is 2.37. The first-order chi connectivity index (χ1) is 11.8. The minimum atomic E-state index is 0.904. The van der Waals surface area contributed by atoms with Crippen LogP contribution in [0, 0.1) is 0 Å². The first-order valence-corrected chi connectivity index (χ1v) is 8.96. The summed E-state index contributed by atoms with van der Waals surface area (Å²) >= 11 is 1.87. The third-order valence-corrected chi connectivity index (χ3v) is 5.46. The minimum Gasteiger partial charge on any atom is -0.369 e. The van der Waals surface area contributed by atoms with Crippen LogP contribution in [0.25, 0.3) is 20.5 Å². The van der Waals surface area contributed by atoms with E-state index in [0.29, 0.717) is 0 Å². The molecule has 1 nitrogen and oxygen atoms in total. The molecular formula is C22H19NS. The molecule has 4 aromatic rings. The fraction of sp³-hybridized carbons (Fsp3) is 0.0909. The fourth-order valence-electron chi connectivity index (χ4n) is 3.13. The van der Waals surface area contributed by atoms with Gasteiger partial charge in [0.2, 0.25) is 0 Å². The maximum atomic E-state index is 2.37. The van der Waals surface area contributed by atoms with Gasteiger partial charge < -0.3 is 4.90 Å². The smallest absolute Gasteiger partial charge is 0.0636 e. The molecule has 1 heterocycles. The van der Waals surface area contributed by atoms with Crippen molar-refractivity contribution in [3.8, 4) is 10.4 Å². The third kappa shape index (κ3) is 2.81. The molecule has 3 aromatic carbocycles. The Balaban J connectivity index is 1.83. The molecule has 2 heteroatoms. The second-order valence-corrected chi connectivity index (χ2v) is 7.04. The van der Waals surface area contributed by atoms with Gasteiger partial charge in [0.1, 0.15) is 0 Å². The van der Waals surface area contributed by atoms with Crippen LogP contribution < -0.4 is 4.90 Å². The van der Waals surface area contributed by atoms with Crippen molar-refractivity contribution in [3.63, 3.8) is 0 Å². The number of hydrogen-bond acceptors (Lipinski definition) is 2. The largest absolute Gasteiger partial charge is 0.369 e. The van der Waals surface area contributed by atoms with Crippen LogP contribution in [0.5, 0.6) is 0 Å². The normalized spacial score (nSPS) is 10.9. The van der Waals surface area contributed by atoms with Crippen molar-refractivity contribution in [2.24, 2.45) is 0 Å². The molecule has 0 aliphatic rings. The summed E-state index contributed by atoms with van der Waals surface area (Å²) in [5.41, 5.74) is 3.94. The molecule has 0 aliphatic heterocycles. The third-order valence-electron chi connectivity index (χ3n) is 4.25. The Labute approximate surface area is 146 Å². The lowest BCUT2D eigenvalue weighted by molar-refractivity contribution is 0.931. The molecule has 0 aliphatic carbocycles. The number of thiophene rings is 1. The summed E-state index contributed by atoms with van der Waals surface area (Å²) in [5, 5.41) is 1.33. The highest BCUT2D eigenvalue weighted by molar-refractivity contribution is 7.23. The highest BCUT2D eigenvalue weighted by atomic mass is 32.1. The van der Waals surface area contributed by atoms with Crippen molar-refractivity contribution in [3.05, 3.63) is 90.5 Å². The zero-order chi connectivity index (χ0) is 16.4. The second-order valence-electron chi connectivity index (χ2n) is 5.98. The van der Waals surface area contributed by atoms with Crippen LogP contribution in [-0.2, 0) is 6.54 Å². The molecule has 0 N–H and O–H groups in total. The van der Waals surface area contributed by atoms with E-state index in [1.54, 1.807) is 0 Å². The lowest BCUT2D eigenvalue weighted by Crippen LogP contribution is -2.16. The van der Waals surface area contributed by atoms with Gasteiger partial charge in [0, 0.05) is 23.7 Å². The van der Waals surface area contributed by atoms with Crippen molar-refractivity contribution >= 4 is 27.1 Å². The van der Waals surface area contributed by atoms with Crippen LogP contribution in [0.2, 0.25) is 0 Å². The lowest BCUT2D eigenvalue weighted by atomic mass is 10.1. The van der Waals surface area contributed by atoms with Crippen molar-refractivity contribution in [1.82, 2.24) is 0 Å². The van der Waals surface area contributed by atoms with E-state index in [4.69, 9.17) is 0 Å². The number of fused-ring (bicyclic) bond motifs is 1. The molecular weight excluding hydrogens is 310 g/mol. The predicted molar refractivity (Wildman–Crippen MR) is 106 cm³/mol. The Morgan fingerprint density at radius 3 is 2.12 bits per heavy atom. The Bertz CT molecular complexity index is 942. The lowest BCUT2D eigenvalue weighted by Gasteiger charge is -2.21. The van der Waals surface area contributed by atoms with Gasteiger partial charge in [-0.1, -0.05) is 78.9 Å². The SMILES string of the molecule is CN(Cc1ccccc1)c1c(-c2ccccc2)sc2ccccc12. The molecule has 0 bridgehead atoms. The quantitative estimate of drug-likeness (QED) is 0.430. The van der Waals surface area contributed by atoms with Gasteiger partial charge in [-0.05, 0) is 17.2 Å². The average molecular weight is 329 g/mol.